The summed E-state index contributed by atoms with van der Waals surface area (Å²) in [6, 6.07) is 0. The number of carbonyl (C=O) groups excluding carboxylic acids is 1. The number of likely N-dealkylation sites (N-methyl/N-ethyl adjacent to an activating group) is 1. The van der Waals surface area contributed by atoms with Crippen LogP contribution >= 0.6 is 0 Å². The molecule has 0 saturated carbocycles. The summed E-state index contributed by atoms with van der Waals surface area (Å²) in [6.07, 6.45) is 1.79. The van der Waals surface area contributed by atoms with E-state index in [2.05, 4.69) is 5.10 Å². The molecule has 1 rings (SSSR count). The van der Waals surface area contributed by atoms with Crippen LogP contribution in [-0.2, 0) is 11.3 Å². The van der Waals surface area contributed by atoms with Crippen LogP contribution in [0.25, 0.3) is 0 Å². The molecule has 2 N–H and O–H groups in total. The summed E-state index contributed by atoms with van der Waals surface area (Å²) in [5.74, 6) is 0.560. The summed E-state index contributed by atoms with van der Waals surface area (Å²) in [6.45, 7) is 7.52. The van der Waals surface area contributed by atoms with Crippen molar-refractivity contribution >= 4 is 11.7 Å². The molecule has 0 radical (unpaired) electrons. The average molecular weight is 210 g/mol. The van der Waals surface area contributed by atoms with Crippen LogP contribution in [0, 0.1) is 6.92 Å². The Bertz CT molecular complexity index is 322. The molecule has 0 aliphatic heterocycles. The third-order valence-corrected chi connectivity index (χ3v) is 2.40. The molecule has 1 amide bonds. The van der Waals surface area contributed by atoms with Gasteiger partial charge < -0.3 is 10.6 Å². The zero-order valence-electron chi connectivity index (χ0n) is 9.53. The Labute approximate surface area is 89.9 Å². The molecular weight excluding hydrogens is 192 g/mol. The van der Waals surface area contributed by atoms with Gasteiger partial charge in [0.2, 0.25) is 5.91 Å². The van der Waals surface area contributed by atoms with Gasteiger partial charge in [0.1, 0.15) is 12.4 Å². The number of nitrogen functional groups attached to an aromatic ring is 1. The smallest absolute Gasteiger partial charge is 0.244 e. The summed E-state index contributed by atoms with van der Waals surface area (Å²) in [5.41, 5.74) is 6.51. The Hall–Kier alpha value is -1.52. The number of rotatable bonds is 4. The first kappa shape index (κ1) is 11.6. The fourth-order valence-corrected chi connectivity index (χ4v) is 1.43. The zero-order valence-corrected chi connectivity index (χ0v) is 9.53. The maximum atomic E-state index is 11.7. The van der Waals surface area contributed by atoms with E-state index in [1.165, 1.54) is 0 Å². The maximum Gasteiger partial charge on any atom is 0.244 e. The molecular formula is C10H18N4O. The van der Waals surface area contributed by atoms with Gasteiger partial charge in [0.25, 0.3) is 0 Å². The molecule has 0 saturated heterocycles. The van der Waals surface area contributed by atoms with Gasteiger partial charge in [-0.15, -0.1) is 0 Å². The Morgan fingerprint density at radius 1 is 1.53 bits per heavy atom. The van der Waals surface area contributed by atoms with Crippen molar-refractivity contribution in [1.29, 1.82) is 0 Å². The minimum Gasteiger partial charge on any atom is -0.382 e. The lowest BCUT2D eigenvalue weighted by atomic mass is 10.4. The fourth-order valence-electron chi connectivity index (χ4n) is 1.43. The lowest BCUT2D eigenvalue weighted by molar-refractivity contribution is -0.131. The van der Waals surface area contributed by atoms with Crippen LogP contribution in [0.2, 0.25) is 0 Å². The minimum atomic E-state index is 0.0718. The summed E-state index contributed by atoms with van der Waals surface area (Å²) in [5, 5.41) is 4.05. The predicted molar refractivity (Wildman–Crippen MR) is 59.3 cm³/mol. The molecule has 1 aromatic heterocycles. The Kier molecular flexibility index (Phi) is 3.71. The first-order valence-electron chi connectivity index (χ1n) is 5.15. The Balaban J connectivity index is 2.65. The van der Waals surface area contributed by atoms with Gasteiger partial charge in [0, 0.05) is 24.8 Å². The molecule has 0 spiro atoms. The van der Waals surface area contributed by atoms with Crippen LogP contribution in [-0.4, -0.2) is 33.7 Å². The summed E-state index contributed by atoms with van der Waals surface area (Å²) in [4.78, 5) is 13.5. The van der Waals surface area contributed by atoms with Crippen LogP contribution in [0.5, 0.6) is 0 Å². The minimum absolute atomic E-state index is 0.0718. The molecule has 0 aromatic carbocycles. The maximum absolute atomic E-state index is 11.7. The van der Waals surface area contributed by atoms with E-state index >= 15 is 0 Å². The van der Waals surface area contributed by atoms with Crippen LogP contribution in [0.15, 0.2) is 6.20 Å². The van der Waals surface area contributed by atoms with Gasteiger partial charge in [-0.2, -0.15) is 5.10 Å². The van der Waals surface area contributed by atoms with Gasteiger partial charge in [-0.05, 0) is 20.8 Å². The van der Waals surface area contributed by atoms with Crippen molar-refractivity contribution in [2.45, 2.75) is 27.3 Å². The molecule has 15 heavy (non-hydrogen) atoms. The summed E-state index contributed by atoms with van der Waals surface area (Å²) >= 11 is 0. The number of nitrogens with zero attached hydrogens (tertiary/aromatic N) is 3. The highest BCUT2D eigenvalue weighted by atomic mass is 16.2. The van der Waals surface area contributed by atoms with Crippen molar-refractivity contribution < 1.29 is 4.79 Å². The number of nitrogens with two attached hydrogens (primary N) is 1. The quantitative estimate of drug-likeness (QED) is 0.793. The molecule has 0 aliphatic carbocycles. The number of aryl methyl sites for hydroxylation is 1. The van der Waals surface area contributed by atoms with Gasteiger partial charge >= 0.3 is 0 Å². The van der Waals surface area contributed by atoms with E-state index < -0.39 is 0 Å². The van der Waals surface area contributed by atoms with E-state index in [-0.39, 0.29) is 12.5 Å². The van der Waals surface area contributed by atoms with Gasteiger partial charge in [0.05, 0.1) is 0 Å². The van der Waals surface area contributed by atoms with Gasteiger partial charge in [-0.3, -0.25) is 9.48 Å². The second kappa shape index (κ2) is 4.82. The largest absolute Gasteiger partial charge is 0.382 e. The molecule has 84 valence electrons. The summed E-state index contributed by atoms with van der Waals surface area (Å²) < 4.78 is 1.59. The van der Waals surface area contributed by atoms with E-state index in [0.29, 0.717) is 5.82 Å². The molecule has 0 aliphatic rings. The van der Waals surface area contributed by atoms with Gasteiger partial charge in [-0.1, -0.05) is 0 Å². The SMILES string of the molecule is CCN(CC)C(=O)Cn1cc(C)c(N)n1. The van der Waals surface area contributed by atoms with Gasteiger partial charge in [0.15, 0.2) is 0 Å². The third-order valence-electron chi connectivity index (χ3n) is 2.40. The fraction of sp³-hybridized carbons (Fsp3) is 0.600. The predicted octanol–water partition coefficient (Wildman–Crippen LogP) is 0.642. The standard InChI is InChI=1S/C10H18N4O/c1-4-13(5-2)9(15)7-14-6-8(3)10(11)12-14/h6H,4-5,7H2,1-3H3,(H2,11,12). The highest BCUT2D eigenvalue weighted by Gasteiger charge is 2.11. The molecule has 1 heterocycles. The zero-order chi connectivity index (χ0) is 11.4. The number of aromatic nitrogens is 2. The van der Waals surface area contributed by atoms with Crippen molar-refractivity contribution in [3.63, 3.8) is 0 Å². The molecule has 5 nitrogen and oxygen atoms in total. The van der Waals surface area contributed by atoms with Crippen molar-refractivity contribution in [1.82, 2.24) is 14.7 Å². The van der Waals surface area contributed by atoms with Crippen LogP contribution in [0.3, 0.4) is 0 Å². The van der Waals surface area contributed by atoms with Crippen LogP contribution in [0.1, 0.15) is 19.4 Å². The summed E-state index contributed by atoms with van der Waals surface area (Å²) in [7, 11) is 0. The van der Waals surface area contributed by atoms with E-state index in [1.54, 1.807) is 15.8 Å². The van der Waals surface area contributed by atoms with E-state index in [1.807, 2.05) is 20.8 Å². The molecule has 0 unspecified atom stereocenters. The number of carbonyl (C=O) groups is 1. The van der Waals surface area contributed by atoms with E-state index in [0.717, 1.165) is 18.7 Å². The van der Waals surface area contributed by atoms with Crippen molar-refractivity contribution in [2.75, 3.05) is 18.8 Å². The van der Waals surface area contributed by atoms with Crippen molar-refractivity contribution in [3.05, 3.63) is 11.8 Å². The topological polar surface area (TPSA) is 64.2 Å². The second-order valence-electron chi connectivity index (χ2n) is 3.46. The third kappa shape index (κ3) is 2.71. The molecule has 1 aromatic rings. The lowest BCUT2D eigenvalue weighted by Crippen LogP contribution is -2.33. The van der Waals surface area contributed by atoms with Crippen molar-refractivity contribution in [2.24, 2.45) is 0 Å². The highest BCUT2D eigenvalue weighted by Crippen LogP contribution is 2.06. The molecule has 0 atom stereocenters. The first-order valence-corrected chi connectivity index (χ1v) is 5.15. The second-order valence-corrected chi connectivity index (χ2v) is 3.46. The highest BCUT2D eigenvalue weighted by molar-refractivity contribution is 5.75. The lowest BCUT2D eigenvalue weighted by Gasteiger charge is -2.18. The Morgan fingerprint density at radius 2 is 2.13 bits per heavy atom. The number of hydrogen-bond acceptors (Lipinski definition) is 3. The molecule has 0 bridgehead atoms. The monoisotopic (exact) mass is 210 g/mol. The number of anilines is 1. The van der Waals surface area contributed by atoms with Crippen LogP contribution in [0.4, 0.5) is 5.82 Å². The molecule has 0 fully saturated rings. The van der Waals surface area contributed by atoms with Crippen LogP contribution < -0.4 is 5.73 Å². The Morgan fingerprint density at radius 3 is 2.53 bits per heavy atom. The van der Waals surface area contributed by atoms with Crippen molar-refractivity contribution in [3.8, 4) is 0 Å². The van der Waals surface area contributed by atoms with E-state index in [9.17, 15) is 4.79 Å². The van der Waals surface area contributed by atoms with Gasteiger partial charge in [-0.25, -0.2) is 0 Å². The first-order chi connectivity index (χ1) is 7.08. The molecule has 5 heteroatoms. The normalized spacial score (nSPS) is 10.3. The average Bonchev–Trinajstić information content (AvgIpc) is 2.47. The number of amides is 1. The number of hydrogen-bond donors (Lipinski definition) is 1. The van der Waals surface area contributed by atoms with E-state index in [4.69, 9.17) is 5.73 Å².